The van der Waals surface area contributed by atoms with Crippen molar-refractivity contribution in [3.63, 3.8) is 0 Å². The highest BCUT2D eigenvalue weighted by molar-refractivity contribution is 7.99. The van der Waals surface area contributed by atoms with Gasteiger partial charge in [-0.1, -0.05) is 35.5 Å². The van der Waals surface area contributed by atoms with Gasteiger partial charge in [-0.25, -0.2) is 0 Å². The molecule has 0 saturated carbocycles. The fourth-order valence-corrected chi connectivity index (χ4v) is 4.00. The van der Waals surface area contributed by atoms with Gasteiger partial charge in [-0.3, -0.25) is 9.59 Å². The van der Waals surface area contributed by atoms with Crippen molar-refractivity contribution in [1.82, 2.24) is 20.1 Å². The van der Waals surface area contributed by atoms with Crippen LogP contribution < -0.4 is 20.1 Å². The number of amides is 2. The number of carbonyl (C=O) groups is 2. The van der Waals surface area contributed by atoms with Crippen LogP contribution in [0.3, 0.4) is 0 Å². The monoisotopic (exact) mass is 489 g/mol. The summed E-state index contributed by atoms with van der Waals surface area (Å²) in [6.07, 6.45) is 0. The molecule has 0 saturated heterocycles. The summed E-state index contributed by atoms with van der Waals surface area (Å²) in [6, 6.07) is 12.0. The van der Waals surface area contributed by atoms with E-state index in [1.807, 2.05) is 11.5 Å². The molecule has 0 bridgehead atoms. The smallest absolute Gasteiger partial charge is 0.251 e. The molecule has 0 aliphatic heterocycles. The molecule has 33 heavy (non-hydrogen) atoms. The molecule has 0 unspecified atom stereocenters. The zero-order valence-corrected chi connectivity index (χ0v) is 20.0. The van der Waals surface area contributed by atoms with Gasteiger partial charge < -0.3 is 24.7 Å². The lowest BCUT2D eigenvalue weighted by Crippen LogP contribution is -2.25. The molecule has 0 aliphatic rings. The average molecular weight is 490 g/mol. The van der Waals surface area contributed by atoms with Crippen LogP contribution in [0.5, 0.6) is 11.5 Å². The summed E-state index contributed by atoms with van der Waals surface area (Å²) < 4.78 is 12.3. The SMILES string of the molecule is CCn1c(CNC(=O)c2ccc(OC)c(OC)c2)nnc1SCC(=O)Nc1ccccc1Cl. The number of hydrogen-bond acceptors (Lipinski definition) is 7. The summed E-state index contributed by atoms with van der Waals surface area (Å²) in [5, 5.41) is 15.0. The van der Waals surface area contributed by atoms with Gasteiger partial charge in [0.25, 0.3) is 5.91 Å². The maximum Gasteiger partial charge on any atom is 0.251 e. The van der Waals surface area contributed by atoms with Gasteiger partial charge in [-0.2, -0.15) is 0 Å². The molecular formula is C22H24ClN5O4S. The van der Waals surface area contributed by atoms with Crippen molar-refractivity contribution in [3.05, 3.63) is 58.9 Å². The Morgan fingerprint density at radius 1 is 1.09 bits per heavy atom. The van der Waals surface area contributed by atoms with Crippen LogP contribution in [0.2, 0.25) is 5.02 Å². The van der Waals surface area contributed by atoms with Gasteiger partial charge in [-0.15, -0.1) is 10.2 Å². The maximum absolute atomic E-state index is 12.6. The van der Waals surface area contributed by atoms with E-state index >= 15 is 0 Å². The average Bonchev–Trinajstić information content (AvgIpc) is 3.23. The first kappa shape index (κ1) is 24.4. The van der Waals surface area contributed by atoms with E-state index in [4.69, 9.17) is 21.1 Å². The van der Waals surface area contributed by atoms with Crippen LogP contribution in [0, 0.1) is 0 Å². The number of nitrogens with one attached hydrogen (secondary N) is 2. The lowest BCUT2D eigenvalue weighted by atomic mass is 10.2. The van der Waals surface area contributed by atoms with Gasteiger partial charge in [0.15, 0.2) is 22.5 Å². The molecule has 2 aromatic carbocycles. The molecule has 0 aliphatic carbocycles. The van der Waals surface area contributed by atoms with Crippen LogP contribution in [0.4, 0.5) is 5.69 Å². The summed E-state index contributed by atoms with van der Waals surface area (Å²) >= 11 is 7.33. The third kappa shape index (κ3) is 6.17. The number of benzene rings is 2. The van der Waals surface area contributed by atoms with Crippen molar-refractivity contribution in [2.24, 2.45) is 0 Å². The Morgan fingerprint density at radius 3 is 2.55 bits per heavy atom. The van der Waals surface area contributed by atoms with E-state index in [2.05, 4.69) is 20.8 Å². The third-order valence-electron chi connectivity index (χ3n) is 4.64. The molecule has 3 aromatic rings. The summed E-state index contributed by atoms with van der Waals surface area (Å²) in [6.45, 7) is 2.71. The molecule has 1 aromatic heterocycles. The van der Waals surface area contributed by atoms with Gasteiger partial charge in [-0.05, 0) is 37.3 Å². The summed E-state index contributed by atoms with van der Waals surface area (Å²) in [4.78, 5) is 24.9. The Balaban J connectivity index is 1.59. The molecule has 1 heterocycles. The minimum Gasteiger partial charge on any atom is -0.493 e. The molecule has 0 radical (unpaired) electrons. The first-order valence-electron chi connectivity index (χ1n) is 10.1. The van der Waals surface area contributed by atoms with Crippen molar-refractivity contribution in [2.45, 2.75) is 25.2 Å². The quantitative estimate of drug-likeness (QED) is 0.419. The largest absolute Gasteiger partial charge is 0.493 e. The van der Waals surface area contributed by atoms with Gasteiger partial charge in [0.2, 0.25) is 5.91 Å². The van der Waals surface area contributed by atoms with Gasteiger partial charge in [0.05, 0.1) is 37.2 Å². The normalized spacial score (nSPS) is 10.5. The van der Waals surface area contributed by atoms with Crippen LogP contribution >= 0.6 is 23.4 Å². The predicted octanol–water partition coefficient (Wildman–Crippen LogP) is 3.63. The number of carbonyl (C=O) groups excluding carboxylic acids is 2. The van der Waals surface area contributed by atoms with E-state index in [1.54, 1.807) is 42.5 Å². The molecule has 0 spiro atoms. The van der Waals surface area contributed by atoms with E-state index in [0.29, 0.717) is 45.3 Å². The number of halogens is 1. The summed E-state index contributed by atoms with van der Waals surface area (Å²) in [5.41, 5.74) is 0.987. The van der Waals surface area contributed by atoms with Crippen LogP contribution in [-0.4, -0.2) is 46.6 Å². The number of ether oxygens (including phenoxy) is 2. The molecule has 3 rings (SSSR count). The molecule has 2 amide bonds. The Kier molecular flexibility index (Phi) is 8.56. The highest BCUT2D eigenvalue weighted by Gasteiger charge is 2.16. The topological polar surface area (TPSA) is 107 Å². The van der Waals surface area contributed by atoms with Gasteiger partial charge in [0, 0.05) is 12.1 Å². The highest BCUT2D eigenvalue weighted by atomic mass is 35.5. The lowest BCUT2D eigenvalue weighted by Gasteiger charge is -2.11. The maximum atomic E-state index is 12.6. The fourth-order valence-electron chi connectivity index (χ4n) is 2.99. The number of para-hydroxylation sites is 1. The van der Waals surface area contributed by atoms with Crippen molar-refractivity contribution < 1.29 is 19.1 Å². The molecule has 0 atom stereocenters. The number of hydrogen-bond donors (Lipinski definition) is 2. The van der Waals surface area contributed by atoms with E-state index in [0.717, 1.165) is 0 Å². The number of methoxy groups -OCH3 is 2. The number of aromatic nitrogens is 3. The molecule has 9 nitrogen and oxygen atoms in total. The number of rotatable bonds is 10. The van der Waals surface area contributed by atoms with Crippen molar-refractivity contribution >= 4 is 40.9 Å². The second kappa shape index (κ2) is 11.6. The second-order valence-electron chi connectivity index (χ2n) is 6.71. The van der Waals surface area contributed by atoms with E-state index in [1.165, 1.54) is 26.0 Å². The van der Waals surface area contributed by atoms with E-state index in [9.17, 15) is 9.59 Å². The minimum atomic E-state index is -0.282. The van der Waals surface area contributed by atoms with Crippen molar-refractivity contribution in [1.29, 1.82) is 0 Å². The third-order valence-corrected chi connectivity index (χ3v) is 5.94. The lowest BCUT2D eigenvalue weighted by molar-refractivity contribution is -0.113. The number of thioether (sulfide) groups is 1. The number of nitrogens with zero attached hydrogens (tertiary/aromatic N) is 3. The van der Waals surface area contributed by atoms with Crippen LogP contribution in [0.1, 0.15) is 23.1 Å². The van der Waals surface area contributed by atoms with Crippen LogP contribution in [0.15, 0.2) is 47.6 Å². The number of anilines is 1. The predicted molar refractivity (Wildman–Crippen MR) is 127 cm³/mol. The Labute approximate surface area is 200 Å². The Bertz CT molecular complexity index is 1140. The fraction of sp³-hybridized carbons (Fsp3) is 0.273. The van der Waals surface area contributed by atoms with E-state index in [-0.39, 0.29) is 24.1 Å². The molecule has 0 fully saturated rings. The van der Waals surface area contributed by atoms with Crippen molar-refractivity contribution in [3.8, 4) is 11.5 Å². The standard InChI is InChI=1S/C22H24ClN5O4S/c1-4-28-19(12-24-21(30)14-9-10-17(31-2)18(11-14)32-3)26-27-22(28)33-13-20(29)25-16-8-6-5-7-15(16)23/h5-11H,4,12-13H2,1-3H3,(H,24,30)(H,25,29). The second-order valence-corrected chi connectivity index (χ2v) is 8.06. The zero-order chi connectivity index (χ0) is 23.8. The highest BCUT2D eigenvalue weighted by Crippen LogP contribution is 2.27. The zero-order valence-electron chi connectivity index (χ0n) is 18.4. The summed E-state index contributed by atoms with van der Waals surface area (Å²) in [5.74, 6) is 1.24. The van der Waals surface area contributed by atoms with Crippen molar-refractivity contribution in [2.75, 3.05) is 25.3 Å². The first-order valence-corrected chi connectivity index (χ1v) is 11.4. The van der Waals surface area contributed by atoms with E-state index < -0.39 is 0 Å². The molecule has 174 valence electrons. The van der Waals surface area contributed by atoms with Gasteiger partial charge >= 0.3 is 0 Å². The molecule has 11 heteroatoms. The van der Waals surface area contributed by atoms with Crippen LogP contribution in [0.25, 0.3) is 0 Å². The molecule has 2 N–H and O–H groups in total. The Morgan fingerprint density at radius 2 is 1.85 bits per heavy atom. The van der Waals surface area contributed by atoms with Crippen LogP contribution in [-0.2, 0) is 17.9 Å². The summed E-state index contributed by atoms with van der Waals surface area (Å²) in [7, 11) is 3.04. The first-order chi connectivity index (χ1) is 16.0. The molecular weight excluding hydrogens is 466 g/mol. The van der Waals surface area contributed by atoms with Gasteiger partial charge in [0.1, 0.15) is 0 Å². The Hall–Kier alpha value is -3.24. The minimum absolute atomic E-state index is 0.140.